The number of carbonyl (C=O) groups excluding carboxylic acids is 1. The lowest BCUT2D eigenvalue weighted by Gasteiger charge is -2.33. The maximum absolute atomic E-state index is 12.6. The van der Waals surface area contributed by atoms with E-state index in [0.717, 1.165) is 5.56 Å². The van der Waals surface area contributed by atoms with Gasteiger partial charge in [0.25, 0.3) is 0 Å². The molecule has 0 aromatic heterocycles. The number of nitrogens with zero attached hydrogens (tertiary/aromatic N) is 1. The second-order valence-corrected chi connectivity index (χ2v) is 6.30. The number of methoxy groups -OCH3 is 1. The van der Waals surface area contributed by atoms with Crippen LogP contribution in [0.3, 0.4) is 0 Å². The highest BCUT2D eigenvalue weighted by Gasteiger charge is 2.55. The summed E-state index contributed by atoms with van der Waals surface area (Å²) >= 11 is 0. The molecule has 1 aromatic carbocycles. The minimum atomic E-state index is -0.942. The first-order chi connectivity index (χ1) is 11.0. The fourth-order valence-electron chi connectivity index (χ4n) is 3.55. The van der Waals surface area contributed by atoms with Crippen molar-refractivity contribution in [1.82, 2.24) is 4.90 Å². The van der Waals surface area contributed by atoms with Crippen LogP contribution in [0.1, 0.15) is 12.0 Å². The normalized spacial score (nSPS) is 26.7. The number of rotatable bonds is 4. The smallest absolute Gasteiger partial charge is 0.314 e. The van der Waals surface area contributed by atoms with Gasteiger partial charge in [-0.05, 0) is 30.0 Å². The molecule has 23 heavy (non-hydrogen) atoms. The first-order valence-corrected chi connectivity index (χ1v) is 7.77. The lowest BCUT2D eigenvalue weighted by Crippen LogP contribution is -2.46. The number of hydrogen-bond donors (Lipinski definition) is 1. The van der Waals surface area contributed by atoms with E-state index in [-0.39, 0.29) is 31.4 Å². The monoisotopic (exact) mass is 319 g/mol. The van der Waals surface area contributed by atoms with Gasteiger partial charge < -0.3 is 19.5 Å². The van der Waals surface area contributed by atoms with E-state index in [2.05, 4.69) is 0 Å². The maximum atomic E-state index is 12.6. The Bertz CT molecular complexity index is 617. The van der Waals surface area contributed by atoms with Crippen LogP contribution >= 0.6 is 0 Å². The number of carboxylic acid groups (broad SMARTS) is 1. The zero-order valence-electron chi connectivity index (χ0n) is 13.2. The number of benzene rings is 1. The molecule has 0 spiro atoms. The number of amides is 1. The lowest BCUT2D eigenvalue weighted by molar-refractivity contribution is -0.159. The second kappa shape index (κ2) is 6.20. The van der Waals surface area contributed by atoms with E-state index in [9.17, 15) is 14.7 Å². The molecule has 0 unspecified atom stereocenters. The van der Waals surface area contributed by atoms with E-state index in [1.165, 1.54) is 0 Å². The zero-order chi connectivity index (χ0) is 16.4. The highest BCUT2D eigenvalue weighted by atomic mass is 16.5. The summed E-state index contributed by atoms with van der Waals surface area (Å²) in [5, 5.41) is 9.62. The number of likely N-dealkylation sites (tertiary alicyclic amines) is 1. The zero-order valence-corrected chi connectivity index (χ0v) is 13.2. The van der Waals surface area contributed by atoms with Gasteiger partial charge in [-0.15, -0.1) is 0 Å². The van der Waals surface area contributed by atoms with Crippen molar-refractivity contribution in [2.45, 2.75) is 12.8 Å². The minimum absolute atomic E-state index is 0.0250. The van der Waals surface area contributed by atoms with Crippen LogP contribution in [0.5, 0.6) is 5.75 Å². The fourth-order valence-corrected chi connectivity index (χ4v) is 3.55. The van der Waals surface area contributed by atoms with Crippen molar-refractivity contribution in [3.05, 3.63) is 29.8 Å². The van der Waals surface area contributed by atoms with Crippen molar-refractivity contribution in [2.75, 3.05) is 33.4 Å². The van der Waals surface area contributed by atoms with E-state index in [1.807, 2.05) is 24.3 Å². The van der Waals surface area contributed by atoms with Crippen LogP contribution in [0.4, 0.5) is 0 Å². The molecule has 0 saturated carbocycles. The molecule has 0 radical (unpaired) electrons. The molecule has 0 bridgehead atoms. The molecule has 1 N–H and O–H groups in total. The van der Waals surface area contributed by atoms with Crippen molar-refractivity contribution >= 4 is 11.9 Å². The third-order valence-corrected chi connectivity index (χ3v) is 4.93. The third kappa shape index (κ3) is 2.91. The van der Waals surface area contributed by atoms with Crippen LogP contribution < -0.4 is 4.74 Å². The van der Waals surface area contributed by atoms with Crippen molar-refractivity contribution < 1.29 is 24.2 Å². The van der Waals surface area contributed by atoms with Crippen LogP contribution in [0.2, 0.25) is 0 Å². The summed E-state index contributed by atoms with van der Waals surface area (Å²) < 4.78 is 10.6. The largest absolute Gasteiger partial charge is 0.497 e. The Hall–Kier alpha value is -2.08. The van der Waals surface area contributed by atoms with Gasteiger partial charge in [0.2, 0.25) is 5.91 Å². The molecule has 2 heterocycles. The maximum Gasteiger partial charge on any atom is 0.314 e. The van der Waals surface area contributed by atoms with Crippen LogP contribution in [-0.4, -0.2) is 55.3 Å². The van der Waals surface area contributed by atoms with E-state index in [1.54, 1.807) is 12.0 Å². The Morgan fingerprint density at radius 2 is 2.30 bits per heavy atom. The predicted molar refractivity (Wildman–Crippen MR) is 82.3 cm³/mol. The molecule has 1 aromatic rings. The number of aliphatic carboxylic acids is 1. The number of carboxylic acids is 1. The molecular formula is C17H21NO5. The molecule has 2 aliphatic heterocycles. The van der Waals surface area contributed by atoms with E-state index in [4.69, 9.17) is 9.47 Å². The number of ether oxygens (including phenoxy) is 2. The average Bonchev–Trinajstić information content (AvgIpc) is 2.96. The summed E-state index contributed by atoms with van der Waals surface area (Å²) in [6.07, 6.45) is 0.940. The molecular weight excluding hydrogens is 298 g/mol. The Morgan fingerprint density at radius 3 is 3.00 bits per heavy atom. The van der Waals surface area contributed by atoms with Gasteiger partial charge in [-0.3, -0.25) is 9.59 Å². The molecule has 2 atom stereocenters. The molecule has 2 saturated heterocycles. The van der Waals surface area contributed by atoms with Crippen molar-refractivity contribution in [3.63, 3.8) is 0 Å². The van der Waals surface area contributed by atoms with Crippen LogP contribution in [0, 0.1) is 11.3 Å². The molecule has 3 rings (SSSR count). The van der Waals surface area contributed by atoms with Gasteiger partial charge in [-0.25, -0.2) is 0 Å². The molecule has 0 aliphatic carbocycles. The standard InChI is InChI=1S/C17H21NO5/c1-22-14-4-2-3-12(7-14)8-15(19)18-9-13-5-6-23-11-17(13,10-18)16(20)21/h2-4,7,13H,5-6,8-11H2,1H3,(H,20,21)/t13-,17+/m0/s1. The molecule has 6 nitrogen and oxygen atoms in total. The van der Waals surface area contributed by atoms with Gasteiger partial charge in [-0.1, -0.05) is 12.1 Å². The molecule has 124 valence electrons. The average molecular weight is 319 g/mol. The number of fused-ring (bicyclic) bond motifs is 1. The molecule has 6 heteroatoms. The van der Waals surface area contributed by atoms with Gasteiger partial charge in [0.15, 0.2) is 0 Å². The van der Waals surface area contributed by atoms with Crippen LogP contribution in [0.15, 0.2) is 24.3 Å². The predicted octanol–water partition coefficient (Wildman–Crippen LogP) is 1.19. The van der Waals surface area contributed by atoms with Crippen LogP contribution in [0.25, 0.3) is 0 Å². The highest BCUT2D eigenvalue weighted by Crippen LogP contribution is 2.41. The van der Waals surface area contributed by atoms with E-state index < -0.39 is 11.4 Å². The van der Waals surface area contributed by atoms with E-state index in [0.29, 0.717) is 25.3 Å². The second-order valence-electron chi connectivity index (χ2n) is 6.30. The summed E-state index contributed by atoms with van der Waals surface area (Å²) in [6, 6.07) is 7.38. The highest BCUT2D eigenvalue weighted by molar-refractivity contribution is 5.82. The Balaban J connectivity index is 1.72. The van der Waals surface area contributed by atoms with Crippen molar-refractivity contribution in [1.29, 1.82) is 0 Å². The molecule has 2 aliphatic rings. The van der Waals surface area contributed by atoms with Crippen molar-refractivity contribution in [3.8, 4) is 5.75 Å². The Labute approximate surface area is 135 Å². The molecule has 2 fully saturated rings. The topological polar surface area (TPSA) is 76.1 Å². The van der Waals surface area contributed by atoms with Crippen molar-refractivity contribution in [2.24, 2.45) is 11.3 Å². The summed E-state index contributed by atoms with van der Waals surface area (Å²) in [6.45, 7) is 1.49. The summed E-state index contributed by atoms with van der Waals surface area (Å²) in [5.41, 5.74) is -0.0766. The first kappa shape index (κ1) is 15.8. The quantitative estimate of drug-likeness (QED) is 0.902. The van der Waals surface area contributed by atoms with Gasteiger partial charge in [-0.2, -0.15) is 0 Å². The lowest BCUT2D eigenvalue weighted by atomic mass is 9.76. The molecule has 1 amide bonds. The van der Waals surface area contributed by atoms with Gasteiger partial charge in [0, 0.05) is 19.7 Å². The number of carbonyl (C=O) groups is 2. The first-order valence-electron chi connectivity index (χ1n) is 7.77. The van der Waals surface area contributed by atoms with Gasteiger partial charge in [0.1, 0.15) is 11.2 Å². The summed E-state index contributed by atoms with van der Waals surface area (Å²) in [4.78, 5) is 26.0. The Morgan fingerprint density at radius 1 is 1.48 bits per heavy atom. The number of hydrogen-bond acceptors (Lipinski definition) is 4. The van der Waals surface area contributed by atoms with Gasteiger partial charge >= 0.3 is 5.97 Å². The minimum Gasteiger partial charge on any atom is -0.497 e. The van der Waals surface area contributed by atoms with Crippen LogP contribution in [-0.2, 0) is 20.7 Å². The Kier molecular flexibility index (Phi) is 4.26. The third-order valence-electron chi connectivity index (χ3n) is 4.93. The van der Waals surface area contributed by atoms with E-state index >= 15 is 0 Å². The summed E-state index contributed by atoms with van der Waals surface area (Å²) in [5.74, 6) is -0.226. The fraction of sp³-hybridized carbons (Fsp3) is 0.529. The summed E-state index contributed by atoms with van der Waals surface area (Å²) in [7, 11) is 1.59. The van der Waals surface area contributed by atoms with Gasteiger partial charge in [0.05, 0.1) is 20.1 Å². The SMILES string of the molecule is COc1cccc(CC(=O)N2C[C@@H]3CCOC[C@]3(C(=O)O)C2)c1.